The van der Waals surface area contributed by atoms with Crippen LogP contribution >= 0.6 is 0 Å². The number of rotatable bonds is 5. The van der Waals surface area contributed by atoms with Gasteiger partial charge < -0.3 is 15.0 Å². The Morgan fingerprint density at radius 1 is 0.885 bits per heavy atom. The van der Waals surface area contributed by atoms with Crippen molar-refractivity contribution < 1.29 is 9.53 Å². The number of fused-ring (bicyclic) bond motifs is 1. The first-order valence-corrected chi connectivity index (χ1v) is 8.73. The van der Waals surface area contributed by atoms with Crippen molar-refractivity contribution in [2.75, 3.05) is 23.4 Å². The van der Waals surface area contributed by atoms with Gasteiger partial charge in [-0.15, -0.1) is 0 Å². The van der Waals surface area contributed by atoms with Gasteiger partial charge in [0.15, 0.2) is 6.61 Å². The molecule has 0 unspecified atom stereocenters. The molecule has 3 aromatic carbocycles. The van der Waals surface area contributed by atoms with E-state index in [1.807, 2.05) is 72.8 Å². The Bertz CT molecular complexity index is 892. The number of nitrogens with one attached hydrogen (secondary N) is 1. The zero-order chi connectivity index (χ0) is 17.8. The highest BCUT2D eigenvalue weighted by Gasteiger charge is 2.24. The molecule has 0 saturated carbocycles. The van der Waals surface area contributed by atoms with Gasteiger partial charge in [-0.2, -0.15) is 0 Å². The van der Waals surface area contributed by atoms with E-state index in [1.54, 1.807) is 4.90 Å². The molecule has 1 amide bonds. The molecule has 4 nitrogen and oxygen atoms in total. The minimum Gasteiger partial charge on any atom is -0.484 e. The summed E-state index contributed by atoms with van der Waals surface area (Å²) < 4.78 is 5.68. The lowest BCUT2D eigenvalue weighted by Gasteiger charge is -2.17. The van der Waals surface area contributed by atoms with Crippen molar-refractivity contribution in [2.24, 2.45) is 0 Å². The second-order valence-electron chi connectivity index (χ2n) is 6.23. The van der Waals surface area contributed by atoms with Gasteiger partial charge in [0, 0.05) is 23.6 Å². The average Bonchev–Trinajstić information content (AvgIpc) is 3.12. The van der Waals surface area contributed by atoms with Gasteiger partial charge in [-0.1, -0.05) is 36.4 Å². The van der Waals surface area contributed by atoms with Crippen molar-refractivity contribution in [2.45, 2.75) is 6.42 Å². The molecule has 1 aliphatic rings. The third-order valence-electron chi connectivity index (χ3n) is 4.47. The maximum Gasteiger partial charge on any atom is 0.264 e. The molecule has 4 rings (SSSR count). The van der Waals surface area contributed by atoms with Crippen LogP contribution in [0.2, 0.25) is 0 Å². The molecule has 0 saturated heterocycles. The molecule has 26 heavy (non-hydrogen) atoms. The molecular weight excluding hydrogens is 324 g/mol. The Hall–Kier alpha value is -3.27. The average molecular weight is 344 g/mol. The zero-order valence-electron chi connectivity index (χ0n) is 14.4. The summed E-state index contributed by atoms with van der Waals surface area (Å²) in [6.07, 6.45) is 0.905. The third kappa shape index (κ3) is 3.54. The number of amides is 1. The smallest absolute Gasteiger partial charge is 0.264 e. The van der Waals surface area contributed by atoms with E-state index in [0.717, 1.165) is 30.0 Å². The molecule has 1 heterocycles. The van der Waals surface area contributed by atoms with Crippen LogP contribution in [0.4, 0.5) is 17.1 Å². The molecule has 130 valence electrons. The van der Waals surface area contributed by atoms with Crippen molar-refractivity contribution in [3.8, 4) is 5.75 Å². The zero-order valence-corrected chi connectivity index (χ0v) is 14.4. The fourth-order valence-electron chi connectivity index (χ4n) is 3.14. The molecule has 0 aromatic heterocycles. The summed E-state index contributed by atoms with van der Waals surface area (Å²) in [5, 5.41) is 3.32. The molecule has 1 aliphatic heterocycles. The van der Waals surface area contributed by atoms with Gasteiger partial charge in [0.2, 0.25) is 0 Å². The molecule has 4 heteroatoms. The first kappa shape index (κ1) is 16.2. The van der Waals surface area contributed by atoms with Gasteiger partial charge >= 0.3 is 0 Å². The number of anilines is 3. The molecular formula is C22H20N2O2. The van der Waals surface area contributed by atoms with Crippen LogP contribution < -0.4 is 15.0 Å². The van der Waals surface area contributed by atoms with Crippen LogP contribution in [0.25, 0.3) is 0 Å². The number of carbonyl (C=O) groups excluding carboxylic acids is 1. The SMILES string of the molecule is O=C(COc1ccc(Nc2ccccc2)cc1)N1CCc2ccccc21. The van der Waals surface area contributed by atoms with E-state index in [-0.39, 0.29) is 12.5 Å². The van der Waals surface area contributed by atoms with Crippen molar-refractivity contribution in [1.29, 1.82) is 0 Å². The Labute approximate surface area is 153 Å². The van der Waals surface area contributed by atoms with Crippen molar-refractivity contribution >= 4 is 23.0 Å². The van der Waals surface area contributed by atoms with Crippen molar-refractivity contribution in [3.63, 3.8) is 0 Å². The number of hydrogen-bond acceptors (Lipinski definition) is 3. The number of benzene rings is 3. The van der Waals surface area contributed by atoms with Crippen LogP contribution in [0, 0.1) is 0 Å². The first-order chi connectivity index (χ1) is 12.8. The topological polar surface area (TPSA) is 41.6 Å². The fourth-order valence-corrected chi connectivity index (χ4v) is 3.14. The molecule has 0 atom stereocenters. The van der Waals surface area contributed by atoms with Crippen molar-refractivity contribution in [1.82, 2.24) is 0 Å². The Kier molecular flexibility index (Phi) is 4.56. The third-order valence-corrected chi connectivity index (χ3v) is 4.47. The summed E-state index contributed by atoms with van der Waals surface area (Å²) in [4.78, 5) is 14.3. The van der Waals surface area contributed by atoms with Gasteiger partial charge in [-0.05, 0) is 54.4 Å². The van der Waals surface area contributed by atoms with Gasteiger partial charge in [0.25, 0.3) is 5.91 Å². The fraction of sp³-hybridized carbons (Fsp3) is 0.136. The van der Waals surface area contributed by atoms with E-state index in [9.17, 15) is 4.79 Å². The van der Waals surface area contributed by atoms with Gasteiger partial charge in [-0.25, -0.2) is 0 Å². The monoisotopic (exact) mass is 344 g/mol. The molecule has 0 aliphatic carbocycles. The van der Waals surface area contributed by atoms with Crippen molar-refractivity contribution in [3.05, 3.63) is 84.4 Å². The highest BCUT2D eigenvalue weighted by atomic mass is 16.5. The normalized spacial score (nSPS) is 12.5. The molecule has 3 aromatic rings. The maximum atomic E-state index is 12.5. The number of ether oxygens (including phenoxy) is 1. The first-order valence-electron chi connectivity index (χ1n) is 8.73. The molecule has 0 fully saturated rings. The van der Waals surface area contributed by atoms with E-state index in [2.05, 4.69) is 11.4 Å². The minimum absolute atomic E-state index is 0.0126. The van der Waals surface area contributed by atoms with Gasteiger partial charge in [0.05, 0.1) is 0 Å². The lowest BCUT2D eigenvalue weighted by Crippen LogP contribution is -2.33. The maximum absolute atomic E-state index is 12.5. The number of hydrogen-bond donors (Lipinski definition) is 1. The second-order valence-corrected chi connectivity index (χ2v) is 6.23. The summed E-state index contributed by atoms with van der Waals surface area (Å²) >= 11 is 0. The molecule has 0 spiro atoms. The van der Waals surface area contributed by atoms with E-state index in [0.29, 0.717) is 5.75 Å². The largest absolute Gasteiger partial charge is 0.484 e. The van der Waals surface area contributed by atoms with Crippen LogP contribution in [-0.2, 0) is 11.2 Å². The number of para-hydroxylation sites is 2. The van der Waals surface area contributed by atoms with E-state index >= 15 is 0 Å². The molecule has 1 N–H and O–H groups in total. The van der Waals surface area contributed by atoms with E-state index < -0.39 is 0 Å². The lowest BCUT2D eigenvalue weighted by molar-refractivity contribution is -0.120. The predicted octanol–water partition coefficient (Wildman–Crippen LogP) is 4.40. The van der Waals surface area contributed by atoms with Crippen LogP contribution in [0.3, 0.4) is 0 Å². The quantitative estimate of drug-likeness (QED) is 0.746. The summed E-state index contributed by atoms with van der Waals surface area (Å²) in [7, 11) is 0. The standard InChI is InChI=1S/C22H20N2O2/c25-22(24-15-14-17-6-4-5-9-21(17)24)16-26-20-12-10-19(11-13-20)23-18-7-2-1-3-8-18/h1-13,23H,14-16H2. The van der Waals surface area contributed by atoms with Crippen LogP contribution in [0.15, 0.2) is 78.9 Å². The van der Waals surface area contributed by atoms with Crippen LogP contribution in [-0.4, -0.2) is 19.1 Å². The predicted molar refractivity (Wildman–Crippen MR) is 104 cm³/mol. The second kappa shape index (κ2) is 7.31. The summed E-state index contributed by atoms with van der Waals surface area (Å²) in [6.45, 7) is 0.765. The number of nitrogens with zero attached hydrogens (tertiary/aromatic N) is 1. The Morgan fingerprint density at radius 3 is 2.38 bits per heavy atom. The van der Waals surface area contributed by atoms with Gasteiger partial charge in [0.1, 0.15) is 5.75 Å². The molecule has 0 radical (unpaired) electrons. The van der Waals surface area contributed by atoms with Crippen LogP contribution in [0.1, 0.15) is 5.56 Å². The summed E-state index contributed by atoms with van der Waals surface area (Å²) in [5.74, 6) is 0.672. The van der Waals surface area contributed by atoms with E-state index in [1.165, 1.54) is 5.56 Å². The summed E-state index contributed by atoms with van der Waals surface area (Å²) in [5.41, 5.74) is 4.23. The minimum atomic E-state index is -0.0126. The van der Waals surface area contributed by atoms with E-state index in [4.69, 9.17) is 4.74 Å². The van der Waals surface area contributed by atoms with Crippen LogP contribution in [0.5, 0.6) is 5.75 Å². The van der Waals surface area contributed by atoms with Gasteiger partial charge in [-0.3, -0.25) is 4.79 Å². The lowest BCUT2D eigenvalue weighted by atomic mass is 10.2. The summed E-state index contributed by atoms with van der Waals surface area (Å²) in [6, 6.07) is 25.6. The Balaban J connectivity index is 1.34. The molecule has 0 bridgehead atoms. The number of carbonyl (C=O) groups is 1. The highest BCUT2D eigenvalue weighted by Crippen LogP contribution is 2.27. The highest BCUT2D eigenvalue weighted by molar-refractivity contribution is 5.96. The Morgan fingerprint density at radius 2 is 1.58 bits per heavy atom.